The second kappa shape index (κ2) is 5.29. The van der Waals surface area contributed by atoms with Gasteiger partial charge in [0.15, 0.2) is 0 Å². The molecule has 1 aliphatic carbocycles. The monoisotopic (exact) mass is 248 g/mol. The topological polar surface area (TPSA) is 55.6 Å². The van der Waals surface area contributed by atoms with Gasteiger partial charge in [-0.05, 0) is 31.4 Å². The summed E-state index contributed by atoms with van der Waals surface area (Å²) < 4.78 is 5.16. The molecule has 1 fully saturated rings. The van der Waals surface area contributed by atoms with Crippen molar-refractivity contribution in [3.05, 3.63) is 23.8 Å². The van der Waals surface area contributed by atoms with Gasteiger partial charge in [0.25, 0.3) is 5.91 Å². The van der Waals surface area contributed by atoms with Crippen molar-refractivity contribution in [3.63, 3.8) is 0 Å². The second-order valence-electron chi connectivity index (χ2n) is 4.65. The molecular formula is C14H20N2O2. The molecule has 4 heteroatoms. The van der Waals surface area contributed by atoms with E-state index in [1.807, 2.05) is 4.90 Å². The zero-order valence-electron chi connectivity index (χ0n) is 11.0. The highest BCUT2D eigenvalue weighted by atomic mass is 16.5. The minimum absolute atomic E-state index is 0.0238. The molecular weight excluding hydrogens is 228 g/mol. The molecule has 0 saturated heterocycles. The Labute approximate surface area is 108 Å². The number of carbonyl (C=O) groups is 1. The lowest BCUT2D eigenvalue weighted by molar-refractivity contribution is 0.0744. The zero-order valence-corrected chi connectivity index (χ0v) is 11.0. The van der Waals surface area contributed by atoms with Gasteiger partial charge in [-0.1, -0.05) is 13.0 Å². The Hall–Kier alpha value is -1.71. The van der Waals surface area contributed by atoms with E-state index < -0.39 is 0 Å². The Balaban J connectivity index is 2.26. The normalized spacial score (nSPS) is 14.3. The second-order valence-corrected chi connectivity index (χ2v) is 4.65. The molecule has 0 heterocycles. The fourth-order valence-corrected chi connectivity index (χ4v) is 2.14. The van der Waals surface area contributed by atoms with Crippen LogP contribution in [0.25, 0.3) is 0 Å². The van der Waals surface area contributed by atoms with Crippen molar-refractivity contribution < 1.29 is 9.53 Å². The standard InChI is InChI=1S/C14H20N2O2/c1-3-9-16(10-7-8-10)14(17)11-5-4-6-12(18-2)13(11)15/h4-6,10H,3,7-9,15H2,1-2H3. The number of nitrogens with zero attached hydrogens (tertiary/aromatic N) is 1. The van der Waals surface area contributed by atoms with Gasteiger partial charge >= 0.3 is 0 Å². The molecule has 1 aromatic rings. The Morgan fingerprint density at radius 3 is 2.78 bits per heavy atom. The van der Waals surface area contributed by atoms with Crippen molar-refractivity contribution in [3.8, 4) is 5.75 Å². The van der Waals surface area contributed by atoms with Crippen LogP contribution < -0.4 is 10.5 Å². The number of nitrogens with two attached hydrogens (primary N) is 1. The smallest absolute Gasteiger partial charge is 0.256 e. The highest BCUT2D eigenvalue weighted by Crippen LogP contribution is 2.31. The van der Waals surface area contributed by atoms with E-state index in [9.17, 15) is 4.79 Å². The third-order valence-corrected chi connectivity index (χ3v) is 3.23. The molecule has 1 amide bonds. The number of amides is 1. The van der Waals surface area contributed by atoms with Gasteiger partial charge < -0.3 is 15.4 Å². The van der Waals surface area contributed by atoms with Crippen LogP contribution in [0.1, 0.15) is 36.5 Å². The molecule has 1 aromatic carbocycles. The van der Waals surface area contributed by atoms with Gasteiger partial charge in [0.05, 0.1) is 18.4 Å². The van der Waals surface area contributed by atoms with Gasteiger partial charge in [-0.2, -0.15) is 0 Å². The molecule has 2 N–H and O–H groups in total. The van der Waals surface area contributed by atoms with Crippen LogP contribution in [-0.4, -0.2) is 30.5 Å². The van der Waals surface area contributed by atoms with Gasteiger partial charge in [-0.15, -0.1) is 0 Å². The highest BCUT2D eigenvalue weighted by Gasteiger charge is 2.33. The lowest BCUT2D eigenvalue weighted by Crippen LogP contribution is -2.34. The van der Waals surface area contributed by atoms with E-state index in [2.05, 4.69) is 6.92 Å². The molecule has 0 atom stereocenters. The lowest BCUT2D eigenvalue weighted by Gasteiger charge is -2.23. The number of rotatable bonds is 5. The van der Waals surface area contributed by atoms with Crippen molar-refractivity contribution >= 4 is 11.6 Å². The van der Waals surface area contributed by atoms with Crippen LogP contribution in [0.3, 0.4) is 0 Å². The van der Waals surface area contributed by atoms with Crippen molar-refractivity contribution in [1.29, 1.82) is 0 Å². The van der Waals surface area contributed by atoms with Crippen molar-refractivity contribution in [1.82, 2.24) is 4.90 Å². The third-order valence-electron chi connectivity index (χ3n) is 3.23. The molecule has 0 unspecified atom stereocenters. The molecule has 4 nitrogen and oxygen atoms in total. The molecule has 0 aliphatic heterocycles. The number of hydrogen-bond acceptors (Lipinski definition) is 3. The average Bonchev–Trinajstić information content (AvgIpc) is 3.20. The van der Waals surface area contributed by atoms with E-state index in [1.54, 1.807) is 25.3 Å². The first kappa shape index (κ1) is 12.7. The van der Waals surface area contributed by atoms with E-state index in [-0.39, 0.29) is 5.91 Å². The number of carbonyl (C=O) groups excluding carboxylic acids is 1. The van der Waals surface area contributed by atoms with Gasteiger partial charge in [-0.25, -0.2) is 0 Å². The summed E-state index contributed by atoms with van der Waals surface area (Å²) in [5, 5.41) is 0. The van der Waals surface area contributed by atoms with E-state index in [4.69, 9.17) is 10.5 Å². The molecule has 98 valence electrons. The average molecular weight is 248 g/mol. The number of hydrogen-bond donors (Lipinski definition) is 1. The van der Waals surface area contributed by atoms with Crippen molar-refractivity contribution in [2.45, 2.75) is 32.2 Å². The predicted molar refractivity (Wildman–Crippen MR) is 71.8 cm³/mol. The highest BCUT2D eigenvalue weighted by molar-refractivity contribution is 6.00. The van der Waals surface area contributed by atoms with Crippen LogP contribution in [0, 0.1) is 0 Å². The quantitative estimate of drug-likeness (QED) is 0.813. The van der Waals surface area contributed by atoms with E-state index in [1.165, 1.54) is 0 Å². The molecule has 0 spiro atoms. The number of methoxy groups -OCH3 is 1. The van der Waals surface area contributed by atoms with Gasteiger partial charge in [0.2, 0.25) is 0 Å². The number of para-hydroxylation sites is 1. The summed E-state index contributed by atoms with van der Waals surface area (Å²) >= 11 is 0. The molecule has 0 radical (unpaired) electrons. The minimum atomic E-state index is 0.0238. The minimum Gasteiger partial charge on any atom is -0.495 e. The van der Waals surface area contributed by atoms with E-state index in [0.717, 1.165) is 25.8 Å². The van der Waals surface area contributed by atoms with Gasteiger partial charge in [-0.3, -0.25) is 4.79 Å². The lowest BCUT2D eigenvalue weighted by atomic mass is 10.1. The molecule has 1 saturated carbocycles. The maximum atomic E-state index is 12.5. The summed E-state index contributed by atoms with van der Waals surface area (Å²) in [7, 11) is 1.56. The summed E-state index contributed by atoms with van der Waals surface area (Å²) in [5.41, 5.74) is 6.96. The molecule has 0 aromatic heterocycles. The molecule has 0 bridgehead atoms. The fraction of sp³-hybridized carbons (Fsp3) is 0.500. The summed E-state index contributed by atoms with van der Waals surface area (Å²) in [6.45, 7) is 2.87. The van der Waals surface area contributed by atoms with Crippen LogP contribution >= 0.6 is 0 Å². The van der Waals surface area contributed by atoms with Crippen LogP contribution in [-0.2, 0) is 0 Å². The number of benzene rings is 1. The summed E-state index contributed by atoms with van der Waals surface area (Å²) in [4.78, 5) is 14.4. The zero-order chi connectivity index (χ0) is 13.1. The summed E-state index contributed by atoms with van der Waals surface area (Å²) in [6.07, 6.45) is 3.18. The van der Waals surface area contributed by atoms with Crippen LogP contribution in [0.2, 0.25) is 0 Å². The van der Waals surface area contributed by atoms with Crippen LogP contribution in [0.15, 0.2) is 18.2 Å². The van der Waals surface area contributed by atoms with Crippen molar-refractivity contribution in [2.75, 3.05) is 19.4 Å². The Morgan fingerprint density at radius 2 is 2.22 bits per heavy atom. The maximum absolute atomic E-state index is 12.5. The number of ether oxygens (including phenoxy) is 1. The number of nitrogen functional groups attached to an aromatic ring is 1. The SMILES string of the molecule is CCCN(C(=O)c1cccc(OC)c1N)C1CC1. The van der Waals surface area contributed by atoms with Crippen LogP contribution in [0.5, 0.6) is 5.75 Å². The molecule has 18 heavy (non-hydrogen) atoms. The van der Waals surface area contributed by atoms with Crippen molar-refractivity contribution in [2.24, 2.45) is 0 Å². The molecule has 1 aliphatic rings. The van der Waals surface area contributed by atoms with E-state index >= 15 is 0 Å². The Kier molecular flexibility index (Phi) is 3.75. The van der Waals surface area contributed by atoms with Gasteiger partial charge in [0, 0.05) is 12.6 Å². The maximum Gasteiger partial charge on any atom is 0.256 e. The summed E-state index contributed by atoms with van der Waals surface area (Å²) in [5.74, 6) is 0.587. The Bertz CT molecular complexity index is 441. The first-order valence-corrected chi connectivity index (χ1v) is 6.42. The largest absolute Gasteiger partial charge is 0.495 e. The number of anilines is 1. The molecule has 2 rings (SSSR count). The first-order chi connectivity index (χ1) is 8.69. The fourth-order valence-electron chi connectivity index (χ4n) is 2.14. The van der Waals surface area contributed by atoms with Crippen LogP contribution in [0.4, 0.5) is 5.69 Å². The first-order valence-electron chi connectivity index (χ1n) is 6.42. The predicted octanol–water partition coefficient (Wildman–Crippen LogP) is 2.29. The Morgan fingerprint density at radius 1 is 1.50 bits per heavy atom. The van der Waals surface area contributed by atoms with E-state index in [0.29, 0.717) is 23.0 Å². The summed E-state index contributed by atoms with van der Waals surface area (Å²) in [6, 6.07) is 5.75. The third kappa shape index (κ3) is 2.42. The van der Waals surface area contributed by atoms with Gasteiger partial charge in [0.1, 0.15) is 5.75 Å².